The molecule has 0 aliphatic heterocycles. The van der Waals surface area contributed by atoms with Crippen LogP contribution in [-0.2, 0) is 6.42 Å². The van der Waals surface area contributed by atoms with E-state index in [0.717, 1.165) is 25.9 Å². The van der Waals surface area contributed by atoms with E-state index < -0.39 is 0 Å². The van der Waals surface area contributed by atoms with E-state index in [0.29, 0.717) is 23.8 Å². The monoisotopic (exact) mass is 255 g/mol. The van der Waals surface area contributed by atoms with Crippen LogP contribution in [0.1, 0.15) is 43.1 Å². The molecule has 1 aromatic rings. The third-order valence-electron chi connectivity index (χ3n) is 2.15. The Kier molecular flexibility index (Phi) is 10.2. The predicted molar refractivity (Wildman–Crippen MR) is 72.6 cm³/mol. The van der Waals surface area contributed by atoms with E-state index in [9.17, 15) is 4.79 Å². The molecule has 5 nitrogen and oxygen atoms in total. The summed E-state index contributed by atoms with van der Waals surface area (Å²) in [6.07, 6.45) is 5.19. The van der Waals surface area contributed by atoms with Crippen molar-refractivity contribution < 1.29 is 9.21 Å². The van der Waals surface area contributed by atoms with Crippen LogP contribution in [0, 0.1) is 5.92 Å². The fourth-order valence-corrected chi connectivity index (χ4v) is 1.27. The van der Waals surface area contributed by atoms with E-state index in [4.69, 9.17) is 10.2 Å². The van der Waals surface area contributed by atoms with Crippen LogP contribution >= 0.6 is 0 Å². The smallest absolute Gasteiger partial charge is 0.194 e. The molecule has 0 saturated heterocycles. The zero-order valence-electron chi connectivity index (χ0n) is 11.6. The van der Waals surface area contributed by atoms with Crippen molar-refractivity contribution in [2.24, 2.45) is 11.7 Å². The molecule has 0 fully saturated rings. The SMILES string of the molecule is CC(C)Cc1nc(C=O)co1.CNCCCCN. The van der Waals surface area contributed by atoms with Gasteiger partial charge in [-0.05, 0) is 38.9 Å². The lowest BCUT2D eigenvalue weighted by atomic mass is 10.1. The quantitative estimate of drug-likeness (QED) is 0.571. The number of oxazole rings is 1. The van der Waals surface area contributed by atoms with Gasteiger partial charge in [0, 0.05) is 6.42 Å². The Morgan fingerprint density at radius 3 is 2.67 bits per heavy atom. The fourth-order valence-electron chi connectivity index (χ4n) is 1.27. The van der Waals surface area contributed by atoms with Crippen LogP contribution in [0.3, 0.4) is 0 Å². The molecule has 1 heterocycles. The molecule has 0 bridgehead atoms. The molecule has 1 aromatic heterocycles. The Bertz CT molecular complexity index is 307. The van der Waals surface area contributed by atoms with Crippen LogP contribution in [0.15, 0.2) is 10.7 Å². The zero-order chi connectivity index (χ0) is 13.8. The molecular formula is C13H25N3O2. The molecule has 0 aromatic carbocycles. The summed E-state index contributed by atoms with van der Waals surface area (Å²) in [6.45, 7) is 6.06. The van der Waals surface area contributed by atoms with Gasteiger partial charge in [0.2, 0.25) is 0 Å². The Morgan fingerprint density at radius 2 is 2.22 bits per heavy atom. The molecule has 0 spiro atoms. The third kappa shape index (κ3) is 8.90. The van der Waals surface area contributed by atoms with Gasteiger partial charge < -0.3 is 15.5 Å². The Morgan fingerprint density at radius 1 is 1.50 bits per heavy atom. The van der Waals surface area contributed by atoms with Gasteiger partial charge >= 0.3 is 0 Å². The van der Waals surface area contributed by atoms with Crippen LogP contribution < -0.4 is 11.1 Å². The zero-order valence-corrected chi connectivity index (χ0v) is 11.6. The molecule has 5 heteroatoms. The molecule has 18 heavy (non-hydrogen) atoms. The fraction of sp³-hybridized carbons (Fsp3) is 0.692. The summed E-state index contributed by atoms with van der Waals surface area (Å²) >= 11 is 0. The Balaban J connectivity index is 0.000000360. The largest absolute Gasteiger partial charge is 0.448 e. The van der Waals surface area contributed by atoms with Gasteiger partial charge in [-0.25, -0.2) is 4.98 Å². The maximum atomic E-state index is 10.2. The van der Waals surface area contributed by atoms with Gasteiger partial charge in [-0.2, -0.15) is 0 Å². The first-order valence-electron chi connectivity index (χ1n) is 6.38. The number of hydrogen-bond acceptors (Lipinski definition) is 5. The molecular weight excluding hydrogens is 230 g/mol. The van der Waals surface area contributed by atoms with E-state index >= 15 is 0 Å². The van der Waals surface area contributed by atoms with Gasteiger partial charge in [0.25, 0.3) is 0 Å². The highest BCUT2D eigenvalue weighted by Crippen LogP contribution is 2.06. The van der Waals surface area contributed by atoms with Crippen molar-refractivity contribution in [2.75, 3.05) is 20.1 Å². The first-order chi connectivity index (χ1) is 8.63. The molecule has 0 saturated carbocycles. The summed E-state index contributed by atoms with van der Waals surface area (Å²) in [5, 5.41) is 3.05. The molecule has 104 valence electrons. The van der Waals surface area contributed by atoms with Crippen molar-refractivity contribution >= 4 is 6.29 Å². The molecule has 0 aliphatic rings. The van der Waals surface area contributed by atoms with E-state index in [1.807, 2.05) is 7.05 Å². The maximum Gasteiger partial charge on any atom is 0.194 e. The first-order valence-corrected chi connectivity index (χ1v) is 6.38. The minimum absolute atomic E-state index is 0.376. The summed E-state index contributed by atoms with van der Waals surface area (Å²) in [6, 6.07) is 0. The van der Waals surface area contributed by atoms with Crippen molar-refractivity contribution in [3.8, 4) is 0 Å². The van der Waals surface area contributed by atoms with Gasteiger partial charge in [-0.3, -0.25) is 4.79 Å². The van der Waals surface area contributed by atoms with Crippen LogP contribution in [0.4, 0.5) is 0 Å². The van der Waals surface area contributed by atoms with Crippen LogP contribution in [-0.4, -0.2) is 31.4 Å². The predicted octanol–water partition coefficient (Wildman–Crippen LogP) is 1.63. The number of aromatic nitrogens is 1. The summed E-state index contributed by atoms with van der Waals surface area (Å²) in [5.74, 6) is 1.15. The molecule has 1 rings (SSSR count). The average molecular weight is 255 g/mol. The number of nitrogens with two attached hydrogens (primary N) is 1. The molecule has 0 radical (unpaired) electrons. The van der Waals surface area contributed by atoms with Gasteiger partial charge in [0.05, 0.1) is 0 Å². The second-order valence-electron chi connectivity index (χ2n) is 4.48. The highest BCUT2D eigenvalue weighted by Gasteiger charge is 2.04. The lowest BCUT2D eigenvalue weighted by molar-refractivity contribution is 0.111. The van der Waals surface area contributed by atoms with E-state index in [2.05, 4.69) is 24.1 Å². The van der Waals surface area contributed by atoms with Crippen molar-refractivity contribution in [3.63, 3.8) is 0 Å². The number of rotatable bonds is 7. The number of hydrogen-bond donors (Lipinski definition) is 2. The summed E-state index contributed by atoms with van der Waals surface area (Å²) in [5.41, 5.74) is 5.62. The minimum Gasteiger partial charge on any atom is -0.448 e. The maximum absolute atomic E-state index is 10.2. The molecule has 0 aliphatic carbocycles. The number of nitrogens with one attached hydrogen (secondary N) is 1. The number of aldehydes is 1. The van der Waals surface area contributed by atoms with E-state index in [1.165, 1.54) is 12.7 Å². The molecule has 0 unspecified atom stereocenters. The van der Waals surface area contributed by atoms with Gasteiger partial charge in [-0.15, -0.1) is 0 Å². The van der Waals surface area contributed by atoms with Gasteiger partial charge in [0.1, 0.15) is 12.0 Å². The highest BCUT2D eigenvalue weighted by atomic mass is 16.3. The standard InChI is InChI=1S/C8H11NO2.C5H14N2/c1-6(2)3-8-9-7(4-10)5-11-8;1-7-5-3-2-4-6/h4-6H,3H2,1-2H3;7H,2-6H2,1H3. The minimum atomic E-state index is 0.376. The first kappa shape index (κ1) is 16.8. The van der Waals surface area contributed by atoms with Crippen LogP contribution in [0.2, 0.25) is 0 Å². The van der Waals surface area contributed by atoms with Crippen molar-refractivity contribution in [3.05, 3.63) is 17.8 Å². The topological polar surface area (TPSA) is 81.2 Å². The third-order valence-corrected chi connectivity index (χ3v) is 2.15. The highest BCUT2D eigenvalue weighted by molar-refractivity contribution is 5.70. The lowest BCUT2D eigenvalue weighted by Crippen LogP contribution is -2.09. The number of nitrogens with zero attached hydrogens (tertiary/aromatic N) is 1. The Hall–Kier alpha value is -1.20. The van der Waals surface area contributed by atoms with Crippen molar-refractivity contribution in [2.45, 2.75) is 33.1 Å². The summed E-state index contributed by atoms with van der Waals surface area (Å²) in [7, 11) is 1.95. The van der Waals surface area contributed by atoms with E-state index in [-0.39, 0.29) is 0 Å². The average Bonchev–Trinajstić information content (AvgIpc) is 2.77. The van der Waals surface area contributed by atoms with Crippen LogP contribution in [0.25, 0.3) is 0 Å². The second-order valence-corrected chi connectivity index (χ2v) is 4.48. The number of unbranched alkanes of at least 4 members (excludes halogenated alkanes) is 1. The second kappa shape index (κ2) is 10.9. The molecule has 3 N–H and O–H groups in total. The van der Waals surface area contributed by atoms with Crippen molar-refractivity contribution in [1.82, 2.24) is 10.3 Å². The summed E-state index contributed by atoms with van der Waals surface area (Å²) < 4.78 is 5.02. The van der Waals surface area contributed by atoms with Crippen molar-refractivity contribution in [1.29, 1.82) is 0 Å². The normalized spacial score (nSPS) is 10.1. The Labute approximate surface area is 109 Å². The molecule has 0 amide bonds. The summed E-state index contributed by atoms with van der Waals surface area (Å²) in [4.78, 5) is 14.1. The van der Waals surface area contributed by atoms with E-state index in [1.54, 1.807) is 0 Å². The lowest BCUT2D eigenvalue weighted by Gasteiger charge is -1.96. The number of carbonyl (C=O) groups excluding carboxylic acids is 1. The van der Waals surface area contributed by atoms with Gasteiger partial charge in [0.15, 0.2) is 12.2 Å². The molecule has 0 atom stereocenters. The van der Waals surface area contributed by atoms with Crippen LogP contribution in [0.5, 0.6) is 0 Å². The van der Waals surface area contributed by atoms with Gasteiger partial charge in [-0.1, -0.05) is 13.8 Å². The number of carbonyl (C=O) groups is 1.